The lowest BCUT2D eigenvalue weighted by Gasteiger charge is -2.06. The zero-order valence-electron chi connectivity index (χ0n) is 12.5. The van der Waals surface area contributed by atoms with Gasteiger partial charge >= 0.3 is 0 Å². The third-order valence-electron chi connectivity index (χ3n) is 3.20. The average molecular weight is 352 g/mol. The molecule has 0 aromatic heterocycles. The van der Waals surface area contributed by atoms with Crippen molar-refractivity contribution < 1.29 is 13.2 Å². The zero-order chi connectivity index (χ0) is 16.7. The molecule has 0 saturated carbocycles. The lowest BCUT2D eigenvalue weighted by molar-refractivity contribution is -0.116. The summed E-state index contributed by atoms with van der Waals surface area (Å²) >= 11 is 5.84. The van der Waals surface area contributed by atoms with E-state index in [-0.39, 0.29) is 23.8 Å². The number of sulfone groups is 1. The van der Waals surface area contributed by atoms with Gasteiger partial charge in [-0.2, -0.15) is 0 Å². The first-order valence-corrected chi connectivity index (χ1v) is 9.44. The van der Waals surface area contributed by atoms with Crippen molar-refractivity contribution in [1.29, 1.82) is 0 Å². The van der Waals surface area contributed by atoms with E-state index in [1.807, 2.05) is 18.2 Å². The Morgan fingerprint density at radius 3 is 2.48 bits per heavy atom. The highest BCUT2D eigenvalue weighted by molar-refractivity contribution is 7.90. The summed E-state index contributed by atoms with van der Waals surface area (Å²) in [7, 11) is -3.21. The summed E-state index contributed by atoms with van der Waals surface area (Å²) < 4.78 is 24.1. The van der Waals surface area contributed by atoms with Gasteiger partial charge in [0.1, 0.15) is 0 Å². The summed E-state index contributed by atoms with van der Waals surface area (Å²) in [6.07, 6.45) is 0.447. The highest BCUT2D eigenvalue weighted by atomic mass is 35.5. The summed E-state index contributed by atoms with van der Waals surface area (Å²) in [5.41, 5.74) is 1.37. The molecule has 2 rings (SSSR count). The number of carbonyl (C=O) groups excluding carboxylic acids is 1. The fourth-order valence-electron chi connectivity index (χ4n) is 2.14. The van der Waals surface area contributed by atoms with Gasteiger partial charge in [-0.3, -0.25) is 4.79 Å². The van der Waals surface area contributed by atoms with Gasteiger partial charge in [-0.05, 0) is 30.2 Å². The van der Waals surface area contributed by atoms with E-state index < -0.39 is 9.84 Å². The van der Waals surface area contributed by atoms with Crippen LogP contribution in [0.15, 0.2) is 54.6 Å². The minimum absolute atomic E-state index is 0.00372. The largest absolute Gasteiger partial charge is 0.326 e. The molecule has 0 heterocycles. The fourth-order valence-corrected chi connectivity index (χ4v) is 3.76. The molecule has 6 heteroatoms. The average Bonchev–Trinajstić information content (AvgIpc) is 2.47. The van der Waals surface area contributed by atoms with Crippen LogP contribution in [0.5, 0.6) is 0 Å². The van der Waals surface area contributed by atoms with E-state index >= 15 is 0 Å². The van der Waals surface area contributed by atoms with Gasteiger partial charge in [0.2, 0.25) is 5.91 Å². The molecule has 0 bridgehead atoms. The van der Waals surface area contributed by atoms with E-state index in [1.165, 1.54) is 0 Å². The number of hydrogen-bond donors (Lipinski definition) is 1. The normalized spacial score (nSPS) is 11.2. The standard InChI is InChI=1S/C17H18ClNO3S/c18-15-8-4-9-16(12-15)19-17(20)10-5-11-23(21,22)13-14-6-2-1-3-7-14/h1-4,6-9,12H,5,10-11,13H2,(H,19,20). The van der Waals surface area contributed by atoms with E-state index in [4.69, 9.17) is 11.6 Å². The number of rotatable bonds is 7. The molecule has 122 valence electrons. The van der Waals surface area contributed by atoms with Crippen LogP contribution in [0.2, 0.25) is 5.02 Å². The molecular weight excluding hydrogens is 334 g/mol. The molecule has 23 heavy (non-hydrogen) atoms. The molecule has 0 spiro atoms. The minimum Gasteiger partial charge on any atom is -0.326 e. The highest BCUT2D eigenvalue weighted by Crippen LogP contribution is 2.15. The topological polar surface area (TPSA) is 63.2 Å². The first-order chi connectivity index (χ1) is 10.9. The Morgan fingerprint density at radius 2 is 1.78 bits per heavy atom. The van der Waals surface area contributed by atoms with Gasteiger partial charge in [0, 0.05) is 17.1 Å². The van der Waals surface area contributed by atoms with Gasteiger partial charge in [0.05, 0.1) is 11.5 Å². The number of benzene rings is 2. The van der Waals surface area contributed by atoms with Crippen LogP contribution in [0.3, 0.4) is 0 Å². The van der Waals surface area contributed by atoms with Crippen molar-refractivity contribution in [2.45, 2.75) is 18.6 Å². The van der Waals surface area contributed by atoms with E-state index in [1.54, 1.807) is 36.4 Å². The van der Waals surface area contributed by atoms with Gasteiger partial charge < -0.3 is 5.32 Å². The van der Waals surface area contributed by atoms with Crippen LogP contribution in [-0.2, 0) is 20.4 Å². The predicted octanol–water partition coefficient (Wildman–Crippen LogP) is 3.67. The number of anilines is 1. The molecule has 2 aromatic rings. The second-order valence-corrected chi connectivity index (χ2v) is 7.86. The SMILES string of the molecule is O=C(CCCS(=O)(=O)Cc1ccccc1)Nc1cccc(Cl)c1. The molecule has 4 nitrogen and oxygen atoms in total. The quantitative estimate of drug-likeness (QED) is 0.827. The van der Waals surface area contributed by atoms with Crippen LogP contribution in [0.1, 0.15) is 18.4 Å². The first kappa shape index (κ1) is 17.5. The van der Waals surface area contributed by atoms with Crippen LogP contribution in [-0.4, -0.2) is 20.1 Å². The summed E-state index contributed by atoms with van der Waals surface area (Å²) in [5.74, 6) is -0.226. The summed E-state index contributed by atoms with van der Waals surface area (Å²) in [6.45, 7) is 0. The van der Waals surface area contributed by atoms with Gasteiger partial charge in [-0.25, -0.2) is 8.42 Å². The van der Waals surface area contributed by atoms with Crippen LogP contribution < -0.4 is 5.32 Å². The van der Waals surface area contributed by atoms with Gasteiger partial charge in [0.15, 0.2) is 9.84 Å². The van der Waals surface area contributed by atoms with E-state index in [0.29, 0.717) is 17.1 Å². The summed E-state index contributed by atoms with van der Waals surface area (Å²) in [5, 5.41) is 3.24. The number of carbonyl (C=O) groups is 1. The molecule has 0 fully saturated rings. The van der Waals surface area contributed by atoms with Gasteiger partial charge in [0.25, 0.3) is 0 Å². The number of amides is 1. The van der Waals surface area contributed by atoms with Crippen LogP contribution in [0, 0.1) is 0 Å². The highest BCUT2D eigenvalue weighted by Gasteiger charge is 2.13. The Bertz CT molecular complexity index is 760. The van der Waals surface area contributed by atoms with Crippen molar-refractivity contribution in [2.75, 3.05) is 11.1 Å². The Hall–Kier alpha value is -1.85. The first-order valence-electron chi connectivity index (χ1n) is 7.24. The molecule has 0 unspecified atom stereocenters. The molecule has 0 saturated heterocycles. The Morgan fingerprint density at radius 1 is 1.04 bits per heavy atom. The molecular formula is C17H18ClNO3S. The van der Waals surface area contributed by atoms with Crippen molar-refractivity contribution >= 4 is 33.0 Å². The van der Waals surface area contributed by atoms with E-state index in [2.05, 4.69) is 5.32 Å². The maximum atomic E-state index is 12.0. The van der Waals surface area contributed by atoms with Gasteiger partial charge in [-0.15, -0.1) is 0 Å². The van der Waals surface area contributed by atoms with E-state index in [0.717, 1.165) is 5.56 Å². The maximum Gasteiger partial charge on any atom is 0.224 e. The molecule has 1 N–H and O–H groups in total. The zero-order valence-corrected chi connectivity index (χ0v) is 14.1. The number of hydrogen-bond acceptors (Lipinski definition) is 3. The van der Waals surface area contributed by atoms with Crippen molar-refractivity contribution in [3.63, 3.8) is 0 Å². The molecule has 0 radical (unpaired) electrons. The molecule has 0 aliphatic heterocycles. The Labute approximate surface area is 141 Å². The van der Waals surface area contributed by atoms with E-state index in [9.17, 15) is 13.2 Å². The second-order valence-electron chi connectivity index (χ2n) is 5.24. The van der Waals surface area contributed by atoms with Gasteiger partial charge in [-0.1, -0.05) is 48.0 Å². The van der Waals surface area contributed by atoms with Crippen LogP contribution in [0.25, 0.3) is 0 Å². The molecule has 0 aliphatic rings. The molecule has 0 aliphatic carbocycles. The van der Waals surface area contributed by atoms with Crippen molar-refractivity contribution in [3.8, 4) is 0 Å². The van der Waals surface area contributed by atoms with Crippen molar-refractivity contribution in [1.82, 2.24) is 0 Å². The Balaban J connectivity index is 1.78. The van der Waals surface area contributed by atoms with Crippen molar-refractivity contribution in [2.24, 2.45) is 0 Å². The minimum atomic E-state index is -3.21. The number of halogens is 1. The monoisotopic (exact) mass is 351 g/mol. The predicted molar refractivity (Wildman–Crippen MR) is 93.2 cm³/mol. The molecule has 2 aromatic carbocycles. The van der Waals surface area contributed by atoms with Crippen LogP contribution >= 0.6 is 11.6 Å². The molecule has 1 amide bonds. The third-order valence-corrected chi connectivity index (χ3v) is 5.12. The lowest BCUT2D eigenvalue weighted by atomic mass is 10.2. The van der Waals surface area contributed by atoms with Crippen LogP contribution in [0.4, 0.5) is 5.69 Å². The Kier molecular flexibility index (Phi) is 6.19. The maximum absolute atomic E-state index is 12.0. The summed E-state index contributed by atoms with van der Waals surface area (Å²) in [4.78, 5) is 11.8. The molecule has 0 atom stereocenters. The fraction of sp³-hybridized carbons (Fsp3) is 0.235. The smallest absolute Gasteiger partial charge is 0.224 e. The van der Waals surface area contributed by atoms with Crippen molar-refractivity contribution in [3.05, 3.63) is 65.2 Å². The summed E-state index contributed by atoms with van der Waals surface area (Å²) in [6, 6.07) is 15.9. The lowest BCUT2D eigenvalue weighted by Crippen LogP contribution is -2.15. The third kappa shape index (κ3) is 6.42. The second kappa shape index (κ2) is 8.13. The number of nitrogens with one attached hydrogen (secondary N) is 1.